The lowest BCUT2D eigenvalue weighted by Crippen LogP contribution is -2.07. The molecule has 1 N–H and O–H groups in total. The van der Waals surface area contributed by atoms with Crippen LogP contribution in [0.5, 0.6) is 0 Å². The van der Waals surface area contributed by atoms with Gasteiger partial charge in [0, 0.05) is 12.6 Å². The number of rotatable bonds is 2. The summed E-state index contributed by atoms with van der Waals surface area (Å²) >= 11 is 0. The molecule has 0 spiro atoms. The molecular weight excluding hydrogens is 279 g/mol. The van der Waals surface area contributed by atoms with Crippen molar-refractivity contribution in [2.24, 2.45) is 0 Å². The lowest BCUT2D eigenvalue weighted by Gasteiger charge is -2.10. The second kappa shape index (κ2) is 5.60. The maximum Gasteiger partial charge on any atom is 0.416 e. The average molecular weight is 293 g/mol. The fourth-order valence-corrected chi connectivity index (χ4v) is 2.02. The molecule has 110 valence electrons. The second-order valence-corrected chi connectivity index (χ2v) is 4.79. The highest BCUT2D eigenvalue weighted by atomic mass is 19.4. The zero-order valence-corrected chi connectivity index (χ0v) is 11.6. The number of carbonyl (C=O) groups is 1. The summed E-state index contributed by atoms with van der Waals surface area (Å²) < 4.78 is 37.6. The van der Waals surface area contributed by atoms with Crippen molar-refractivity contribution in [2.45, 2.75) is 20.0 Å². The van der Waals surface area contributed by atoms with Gasteiger partial charge in [-0.3, -0.25) is 4.79 Å². The summed E-state index contributed by atoms with van der Waals surface area (Å²) in [5.74, 6) is -0.166. The molecule has 2 aromatic rings. The summed E-state index contributed by atoms with van der Waals surface area (Å²) in [4.78, 5) is 11.0. The number of benzene rings is 2. The Kier molecular flexibility index (Phi) is 4.02. The van der Waals surface area contributed by atoms with Crippen LogP contribution in [0, 0.1) is 6.92 Å². The van der Waals surface area contributed by atoms with Crippen LogP contribution in [0.1, 0.15) is 18.1 Å². The van der Waals surface area contributed by atoms with Crippen molar-refractivity contribution in [1.82, 2.24) is 0 Å². The molecule has 2 rings (SSSR count). The Balaban J connectivity index is 2.30. The second-order valence-electron chi connectivity index (χ2n) is 4.79. The van der Waals surface area contributed by atoms with Gasteiger partial charge in [0.05, 0.1) is 5.56 Å². The molecule has 0 bridgehead atoms. The highest BCUT2D eigenvalue weighted by Gasteiger charge is 2.29. The van der Waals surface area contributed by atoms with Crippen LogP contribution in [0.3, 0.4) is 0 Å². The van der Waals surface area contributed by atoms with Gasteiger partial charge in [-0.15, -0.1) is 0 Å². The molecule has 2 aromatic carbocycles. The first kappa shape index (κ1) is 15.1. The molecule has 0 aliphatic rings. The Morgan fingerprint density at radius 2 is 1.57 bits per heavy atom. The number of carbonyl (C=O) groups excluding carboxylic acids is 1. The monoisotopic (exact) mass is 293 g/mol. The van der Waals surface area contributed by atoms with E-state index >= 15 is 0 Å². The van der Waals surface area contributed by atoms with E-state index in [1.807, 2.05) is 13.0 Å². The Hall–Kier alpha value is -2.30. The van der Waals surface area contributed by atoms with Crippen molar-refractivity contribution >= 4 is 11.6 Å². The first-order chi connectivity index (χ1) is 9.77. The minimum absolute atomic E-state index is 0.166. The normalized spacial score (nSPS) is 11.3. The van der Waals surface area contributed by atoms with Crippen LogP contribution >= 0.6 is 0 Å². The van der Waals surface area contributed by atoms with Crippen molar-refractivity contribution in [2.75, 3.05) is 5.32 Å². The van der Waals surface area contributed by atoms with Crippen LogP contribution in [0.4, 0.5) is 18.9 Å². The van der Waals surface area contributed by atoms with Gasteiger partial charge in [0.1, 0.15) is 0 Å². The van der Waals surface area contributed by atoms with Gasteiger partial charge in [-0.2, -0.15) is 13.2 Å². The summed E-state index contributed by atoms with van der Waals surface area (Å²) in [6.07, 6.45) is -4.33. The van der Waals surface area contributed by atoms with Gasteiger partial charge < -0.3 is 5.32 Å². The van der Waals surface area contributed by atoms with Crippen molar-refractivity contribution < 1.29 is 18.0 Å². The van der Waals surface area contributed by atoms with Gasteiger partial charge in [-0.1, -0.05) is 18.2 Å². The number of aryl methyl sites for hydroxylation is 1. The summed E-state index contributed by atoms with van der Waals surface area (Å²) in [6, 6.07) is 10.3. The third-order valence-corrected chi connectivity index (χ3v) is 3.08. The smallest absolute Gasteiger partial charge is 0.326 e. The van der Waals surface area contributed by atoms with E-state index in [1.54, 1.807) is 12.1 Å². The minimum Gasteiger partial charge on any atom is -0.326 e. The summed E-state index contributed by atoms with van der Waals surface area (Å²) in [6.45, 7) is 3.25. The Bertz CT molecular complexity index is 660. The lowest BCUT2D eigenvalue weighted by atomic mass is 10.0. The van der Waals surface area contributed by atoms with E-state index in [9.17, 15) is 18.0 Å². The van der Waals surface area contributed by atoms with Crippen molar-refractivity contribution in [1.29, 1.82) is 0 Å². The van der Waals surface area contributed by atoms with Crippen LogP contribution in [0.2, 0.25) is 0 Å². The van der Waals surface area contributed by atoms with Crippen LogP contribution in [-0.4, -0.2) is 5.91 Å². The van der Waals surface area contributed by atoms with Crippen LogP contribution < -0.4 is 5.32 Å². The van der Waals surface area contributed by atoms with E-state index < -0.39 is 11.7 Å². The fourth-order valence-electron chi connectivity index (χ4n) is 2.02. The van der Waals surface area contributed by atoms with Crippen molar-refractivity contribution in [3.05, 3.63) is 53.6 Å². The molecule has 0 unspecified atom stereocenters. The molecular formula is C16H14F3NO. The Morgan fingerprint density at radius 1 is 1.00 bits per heavy atom. The van der Waals surface area contributed by atoms with Gasteiger partial charge in [-0.05, 0) is 47.9 Å². The minimum atomic E-state index is -4.33. The first-order valence-corrected chi connectivity index (χ1v) is 6.33. The number of nitrogens with one attached hydrogen (secondary N) is 1. The number of halogens is 3. The lowest BCUT2D eigenvalue weighted by molar-refractivity contribution is -0.137. The zero-order chi connectivity index (χ0) is 15.6. The van der Waals surface area contributed by atoms with E-state index in [4.69, 9.17) is 0 Å². The topological polar surface area (TPSA) is 29.1 Å². The molecule has 0 aliphatic carbocycles. The van der Waals surface area contributed by atoms with Gasteiger partial charge in [0.25, 0.3) is 0 Å². The van der Waals surface area contributed by atoms with Crippen LogP contribution in [-0.2, 0) is 11.0 Å². The standard InChI is InChI=1S/C16H14F3NO/c1-10-9-13(5-8-15(10)20-11(2)21)12-3-6-14(7-4-12)16(17,18)19/h3-9H,1-2H3,(H,20,21). The number of alkyl halides is 3. The largest absolute Gasteiger partial charge is 0.416 e. The van der Waals surface area contributed by atoms with Crippen molar-refractivity contribution in [3.8, 4) is 11.1 Å². The average Bonchev–Trinajstić information content (AvgIpc) is 2.40. The molecule has 1 amide bonds. The Labute approximate surface area is 120 Å². The number of hydrogen-bond donors (Lipinski definition) is 1. The van der Waals surface area contributed by atoms with Gasteiger partial charge in [0.15, 0.2) is 0 Å². The van der Waals surface area contributed by atoms with E-state index in [0.29, 0.717) is 11.3 Å². The molecule has 0 aliphatic heterocycles. The van der Waals surface area contributed by atoms with Gasteiger partial charge >= 0.3 is 6.18 Å². The molecule has 0 saturated carbocycles. The summed E-state index contributed by atoms with van der Waals surface area (Å²) in [7, 11) is 0. The quantitative estimate of drug-likeness (QED) is 0.858. The van der Waals surface area contributed by atoms with Crippen molar-refractivity contribution in [3.63, 3.8) is 0 Å². The summed E-state index contributed by atoms with van der Waals surface area (Å²) in [5, 5.41) is 2.69. The van der Waals surface area contributed by atoms with E-state index in [0.717, 1.165) is 23.3 Å². The molecule has 0 fully saturated rings. The number of anilines is 1. The third kappa shape index (κ3) is 3.62. The SMILES string of the molecule is CC(=O)Nc1ccc(-c2ccc(C(F)(F)F)cc2)cc1C. The molecule has 0 radical (unpaired) electrons. The molecule has 0 saturated heterocycles. The molecule has 0 heterocycles. The van der Waals surface area contributed by atoms with Gasteiger partial charge in [-0.25, -0.2) is 0 Å². The Morgan fingerprint density at radius 3 is 2.05 bits per heavy atom. The number of amides is 1. The highest BCUT2D eigenvalue weighted by molar-refractivity contribution is 5.90. The maximum atomic E-state index is 12.5. The molecule has 21 heavy (non-hydrogen) atoms. The number of hydrogen-bond acceptors (Lipinski definition) is 1. The van der Waals surface area contributed by atoms with Crippen LogP contribution in [0.15, 0.2) is 42.5 Å². The fraction of sp³-hybridized carbons (Fsp3) is 0.188. The zero-order valence-electron chi connectivity index (χ0n) is 11.6. The molecule has 2 nitrogen and oxygen atoms in total. The van der Waals surface area contributed by atoms with Crippen LogP contribution in [0.25, 0.3) is 11.1 Å². The molecule has 0 aromatic heterocycles. The third-order valence-electron chi connectivity index (χ3n) is 3.08. The maximum absolute atomic E-state index is 12.5. The highest BCUT2D eigenvalue weighted by Crippen LogP contribution is 2.31. The molecule has 5 heteroatoms. The van der Waals surface area contributed by atoms with E-state index in [-0.39, 0.29) is 5.91 Å². The predicted octanol–water partition coefficient (Wildman–Crippen LogP) is 4.64. The molecule has 0 atom stereocenters. The van der Waals surface area contributed by atoms with E-state index in [1.165, 1.54) is 19.1 Å². The van der Waals surface area contributed by atoms with Gasteiger partial charge in [0.2, 0.25) is 5.91 Å². The predicted molar refractivity (Wildman–Crippen MR) is 75.9 cm³/mol. The summed E-state index contributed by atoms with van der Waals surface area (Å²) in [5.41, 5.74) is 2.37. The first-order valence-electron chi connectivity index (χ1n) is 6.33. The van der Waals surface area contributed by atoms with E-state index in [2.05, 4.69) is 5.32 Å².